The van der Waals surface area contributed by atoms with Crippen molar-refractivity contribution in [2.75, 3.05) is 18.7 Å². The third-order valence-electron chi connectivity index (χ3n) is 7.74. The molecule has 2 aromatic carbocycles. The van der Waals surface area contributed by atoms with E-state index in [9.17, 15) is 14.4 Å². The van der Waals surface area contributed by atoms with E-state index in [0.29, 0.717) is 28.9 Å². The molecule has 6 nitrogen and oxygen atoms in total. The summed E-state index contributed by atoms with van der Waals surface area (Å²) >= 11 is 0. The molecule has 174 valence electrons. The lowest BCUT2D eigenvalue weighted by atomic mass is 9.59. The lowest BCUT2D eigenvalue weighted by molar-refractivity contribution is -0.128. The monoisotopic (exact) mass is 464 g/mol. The Balaban J connectivity index is 1.58. The number of Topliss-reactive ketones (excluding diaryl/α,β-unsaturated/α-hetero) is 2. The van der Waals surface area contributed by atoms with E-state index in [-0.39, 0.29) is 24.2 Å². The molecule has 3 aliphatic rings. The highest BCUT2D eigenvalue weighted by atomic mass is 16.5. The first-order valence-corrected chi connectivity index (χ1v) is 11.8. The van der Waals surface area contributed by atoms with Crippen LogP contribution in [0.3, 0.4) is 0 Å². The van der Waals surface area contributed by atoms with Crippen molar-refractivity contribution < 1.29 is 19.1 Å². The number of rotatable bonds is 5. The van der Waals surface area contributed by atoms with E-state index in [0.717, 1.165) is 5.56 Å². The van der Waals surface area contributed by atoms with Crippen LogP contribution >= 0.6 is 0 Å². The van der Waals surface area contributed by atoms with Crippen LogP contribution in [0.4, 0.5) is 5.82 Å². The van der Waals surface area contributed by atoms with Gasteiger partial charge in [-0.1, -0.05) is 66.7 Å². The minimum absolute atomic E-state index is 0.0277. The van der Waals surface area contributed by atoms with Crippen LogP contribution in [0.2, 0.25) is 0 Å². The molecule has 1 amide bonds. The number of fused-ring (bicyclic) bond motifs is 5. The quantitative estimate of drug-likeness (QED) is 0.420. The Bertz CT molecular complexity index is 1370. The lowest BCUT2D eigenvalue weighted by Crippen LogP contribution is -2.54. The van der Waals surface area contributed by atoms with Gasteiger partial charge in [-0.15, -0.1) is 0 Å². The SMILES string of the molecule is COCN1C(=O)[C@@]2(c3cccnc31)[C@H](C(=O)c1ccccc1)[C@@H]1C[C@H]2/C(=C\c2ccccc2)C1=O. The number of allylic oxidation sites excluding steroid dienone is 1. The standard InChI is InChI=1S/C29H24N2O4/c1-35-17-31-27-22(13-8-14-30-27)29(28(31)34)23-16-21(24(29)25(32)19-11-6-3-7-12-19)26(33)20(23)15-18-9-4-2-5-10-18/h2-15,21,23-24H,16-17H2,1H3/b20-15+/t21-,23-,24-,29+/m0/s1. The summed E-state index contributed by atoms with van der Waals surface area (Å²) in [6, 6.07) is 22.3. The van der Waals surface area contributed by atoms with E-state index in [2.05, 4.69) is 4.98 Å². The van der Waals surface area contributed by atoms with E-state index in [1.807, 2.05) is 48.5 Å². The van der Waals surface area contributed by atoms with Crippen LogP contribution in [0.1, 0.15) is 27.9 Å². The Labute approximate surface area is 203 Å². The molecule has 3 aromatic rings. The van der Waals surface area contributed by atoms with E-state index in [1.54, 1.807) is 36.5 Å². The summed E-state index contributed by atoms with van der Waals surface area (Å²) in [7, 11) is 1.53. The Hall–Kier alpha value is -3.90. The van der Waals surface area contributed by atoms with E-state index in [1.165, 1.54) is 12.0 Å². The highest BCUT2D eigenvalue weighted by molar-refractivity contribution is 6.19. The smallest absolute Gasteiger partial charge is 0.242 e. The molecular weight excluding hydrogens is 440 g/mol. The summed E-state index contributed by atoms with van der Waals surface area (Å²) in [6.45, 7) is 0.0277. The zero-order valence-electron chi connectivity index (χ0n) is 19.3. The Morgan fingerprint density at radius 3 is 2.49 bits per heavy atom. The number of hydrogen-bond acceptors (Lipinski definition) is 5. The Morgan fingerprint density at radius 1 is 1.06 bits per heavy atom. The van der Waals surface area contributed by atoms with Gasteiger partial charge in [-0.2, -0.15) is 0 Å². The van der Waals surface area contributed by atoms with Gasteiger partial charge >= 0.3 is 0 Å². The molecule has 6 heteroatoms. The minimum Gasteiger partial charge on any atom is -0.364 e. The molecule has 4 atom stereocenters. The predicted octanol–water partition coefficient (Wildman–Crippen LogP) is 4.07. The van der Waals surface area contributed by atoms with Crippen LogP contribution in [0.25, 0.3) is 6.08 Å². The molecule has 1 aliphatic heterocycles. The number of carbonyl (C=O) groups is 3. The maximum atomic E-state index is 14.3. The highest BCUT2D eigenvalue weighted by Crippen LogP contribution is 2.66. The number of carbonyl (C=O) groups excluding carboxylic acids is 3. The first-order valence-electron chi connectivity index (χ1n) is 11.8. The summed E-state index contributed by atoms with van der Waals surface area (Å²) in [5.74, 6) is -1.72. The average molecular weight is 465 g/mol. The summed E-state index contributed by atoms with van der Waals surface area (Å²) in [5, 5.41) is 0. The van der Waals surface area contributed by atoms with Crippen molar-refractivity contribution in [1.29, 1.82) is 0 Å². The second-order valence-corrected chi connectivity index (χ2v) is 9.37. The second kappa shape index (κ2) is 8.10. The molecule has 2 heterocycles. The van der Waals surface area contributed by atoms with Gasteiger partial charge in [-0.05, 0) is 24.1 Å². The van der Waals surface area contributed by atoms with E-state index >= 15 is 0 Å². The first-order chi connectivity index (χ1) is 17.1. The molecule has 1 aromatic heterocycles. The minimum atomic E-state index is -1.20. The van der Waals surface area contributed by atoms with Gasteiger partial charge in [0.25, 0.3) is 0 Å². The van der Waals surface area contributed by atoms with Crippen LogP contribution in [0.15, 0.2) is 84.6 Å². The number of hydrogen-bond donors (Lipinski definition) is 0. The summed E-state index contributed by atoms with van der Waals surface area (Å²) in [6.07, 6.45) is 3.99. The number of nitrogens with zero attached hydrogens (tertiary/aromatic N) is 2. The molecule has 2 bridgehead atoms. The van der Waals surface area contributed by atoms with Crippen LogP contribution in [-0.4, -0.2) is 36.3 Å². The van der Waals surface area contributed by atoms with E-state index < -0.39 is 23.2 Å². The zero-order chi connectivity index (χ0) is 24.2. The highest BCUT2D eigenvalue weighted by Gasteiger charge is 2.73. The van der Waals surface area contributed by atoms with Crippen molar-refractivity contribution in [3.05, 3.63) is 101 Å². The van der Waals surface area contributed by atoms with Crippen LogP contribution in [0, 0.1) is 17.8 Å². The maximum Gasteiger partial charge on any atom is 0.242 e. The average Bonchev–Trinajstić information content (AvgIpc) is 3.49. The van der Waals surface area contributed by atoms with Crippen molar-refractivity contribution >= 4 is 29.4 Å². The molecular formula is C29H24N2O4. The number of methoxy groups -OCH3 is 1. The molecule has 1 spiro atoms. The summed E-state index contributed by atoms with van der Waals surface area (Å²) in [5.41, 5.74) is 1.52. The van der Waals surface area contributed by atoms with Crippen molar-refractivity contribution in [2.24, 2.45) is 17.8 Å². The maximum absolute atomic E-state index is 14.3. The molecule has 0 N–H and O–H groups in total. The Morgan fingerprint density at radius 2 is 1.77 bits per heavy atom. The van der Waals surface area contributed by atoms with Gasteiger partial charge in [0.15, 0.2) is 11.6 Å². The van der Waals surface area contributed by atoms with Crippen molar-refractivity contribution in [3.63, 3.8) is 0 Å². The number of benzene rings is 2. The fourth-order valence-electron chi connectivity index (χ4n) is 6.45. The molecule has 0 radical (unpaired) electrons. The third kappa shape index (κ3) is 2.93. The molecule has 2 saturated carbocycles. The van der Waals surface area contributed by atoms with Crippen molar-refractivity contribution in [2.45, 2.75) is 11.8 Å². The van der Waals surface area contributed by atoms with Gasteiger partial charge in [0, 0.05) is 41.8 Å². The van der Waals surface area contributed by atoms with Gasteiger partial charge < -0.3 is 4.74 Å². The van der Waals surface area contributed by atoms with Crippen LogP contribution in [-0.2, 0) is 19.7 Å². The molecule has 2 fully saturated rings. The normalized spacial score (nSPS) is 27.7. The second-order valence-electron chi connectivity index (χ2n) is 9.37. The molecule has 35 heavy (non-hydrogen) atoms. The molecule has 2 aliphatic carbocycles. The largest absolute Gasteiger partial charge is 0.364 e. The number of ketones is 2. The third-order valence-corrected chi connectivity index (χ3v) is 7.74. The van der Waals surface area contributed by atoms with Gasteiger partial charge in [-0.25, -0.2) is 4.98 Å². The summed E-state index contributed by atoms with van der Waals surface area (Å²) < 4.78 is 5.36. The Kier molecular flexibility index (Phi) is 5.00. The molecule has 0 saturated heterocycles. The predicted molar refractivity (Wildman–Crippen MR) is 131 cm³/mol. The van der Waals surface area contributed by atoms with Crippen LogP contribution in [0.5, 0.6) is 0 Å². The fourth-order valence-corrected chi connectivity index (χ4v) is 6.45. The number of anilines is 1. The fraction of sp³-hybridized carbons (Fsp3) is 0.241. The van der Waals surface area contributed by atoms with Gasteiger partial charge in [0.05, 0.1) is 11.3 Å². The molecule has 0 unspecified atom stereocenters. The van der Waals surface area contributed by atoms with Crippen molar-refractivity contribution in [3.8, 4) is 0 Å². The number of ether oxygens (including phenoxy) is 1. The van der Waals surface area contributed by atoms with E-state index in [4.69, 9.17) is 4.74 Å². The molecule has 6 rings (SSSR count). The summed E-state index contributed by atoms with van der Waals surface area (Å²) in [4.78, 5) is 48.1. The van der Waals surface area contributed by atoms with Crippen LogP contribution < -0.4 is 4.90 Å². The van der Waals surface area contributed by atoms with Gasteiger partial charge in [-0.3, -0.25) is 19.3 Å². The number of aromatic nitrogens is 1. The topological polar surface area (TPSA) is 76.6 Å². The zero-order valence-corrected chi connectivity index (χ0v) is 19.3. The number of amides is 1. The lowest BCUT2D eigenvalue weighted by Gasteiger charge is -2.39. The first kappa shape index (κ1) is 21.6. The number of pyridine rings is 1. The van der Waals surface area contributed by atoms with Crippen molar-refractivity contribution in [1.82, 2.24) is 4.98 Å². The van der Waals surface area contributed by atoms with Gasteiger partial charge in [0.1, 0.15) is 12.5 Å². The van der Waals surface area contributed by atoms with Gasteiger partial charge in [0.2, 0.25) is 5.91 Å².